The van der Waals surface area contributed by atoms with Gasteiger partial charge in [0.25, 0.3) is 16.6 Å². The topological polar surface area (TPSA) is 147 Å². The van der Waals surface area contributed by atoms with Crippen molar-refractivity contribution in [3.63, 3.8) is 0 Å². The predicted octanol–water partition coefficient (Wildman–Crippen LogP) is 5.71. The Hall–Kier alpha value is -6.33. The highest BCUT2D eigenvalue weighted by atomic mass is 28.4. The second kappa shape index (κ2) is 18.4. The second-order valence-corrected chi connectivity index (χ2v) is 28.6. The van der Waals surface area contributed by atoms with Crippen molar-refractivity contribution in [3.05, 3.63) is 182 Å². The van der Waals surface area contributed by atoms with Crippen LogP contribution >= 0.6 is 0 Å². The summed E-state index contributed by atoms with van der Waals surface area (Å²) in [5, 5.41) is 21.0. The number of nitrogens with one attached hydrogen (secondary N) is 5. The first-order chi connectivity index (χ1) is 31.9. The van der Waals surface area contributed by atoms with Crippen LogP contribution in [0.15, 0.2) is 177 Å². The average Bonchev–Trinajstić information content (AvgIpc) is 4.02. The van der Waals surface area contributed by atoms with Crippen molar-refractivity contribution in [2.24, 2.45) is 5.73 Å². The number of carbonyl (C=O) groups is 2. The molecule has 4 aliphatic rings. The van der Waals surface area contributed by atoms with Gasteiger partial charge in [0.1, 0.15) is 0 Å². The fraction of sp³-hybridized carbons (Fsp3) is 0.321. The highest BCUT2D eigenvalue weighted by Gasteiger charge is 2.60. The summed E-state index contributed by atoms with van der Waals surface area (Å²) < 4.78 is 15.8. The van der Waals surface area contributed by atoms with Crippen LogP contribution in [0.4, 0.5) is 9.59 Å². The lowest BCUT2D eigenvalue weighted by molar-refractivity contribution is 0.0638. The second-order valence-electron chi connectivity index (χ2n) is 20.0. The summed E-state index contributed by atoms with van der Waals surface area (Å²) >= 11 is 0. The number of amides is 3. The number of fused-ring (bicyclic) bond motifs is 1. The molecule has 67 heavy (non-hydrogen) atoms. The number of hydrogen-bond donors (Lipinski definition) is 6. The molecule has 3 amide bonds. The standard InChI is InChI=1S/C27H34N4O2Si.C26H32N4O2Si/c1-19-16-17-27-24(28-20(2)30-27)23(29-25(32)31(19)27)18-33-34(26(3,4)5,21-12-8-6-9-13-21)22-14-10-7-11-15-22;1-19(27)28-24-22(29-25(31)30-17-11-16-23(24)30)18-32-33(26(2,3)4,20-12-7-5-8-13-20)21-14-9-6-10-15-21/h6-17,19,23-24,28,30H,2,18H2,1,3-5H3,(H,29,32);5-17,22,24,28H,1,18,27H2,2-4H3,(H,29,31)/t19-,23+,24+,27?;22-,24-/m10/s1. The molecule has 5 aromatic rings. The minimum Gasteiger partial charge on any atom is -0.405 e. The van der Waals surface area contributed by atoms with E-state index in [1.54, 1.807) is 10.8 Å². The Balaban J connectivity index is 0.000000182. The van der Waals surface area contributed by atoms with Gasteiger partial charge < -0.3 is 41.2 Å². The lowest BCUT2D eigenvalue weighted by Crippen LogP contribution is -2.76. The van der Waals surface area contributed by atoms with Gasteiger partial charge in [-0.05, 0) is 56.0 Å². The summed E-state index contributed by atoms with van der Waals surface area (Å²) in [5.74, 6) is 1.07. The Kier molecular flexibility index (Phi) is 13.0. The third kappa shape index (κ3) is 8.52. The van der Waals surface area contributed by atoms with Crippen LogP contribution in [-0.4, -0.2) is 81.2 Å². The minimum absolute atomic E-state index is 0.00115. The van der Waals surface area contributed by atoms with Crippen molar-refractivity contribution in [3.8, 4) is 0 Å². The molecule has 14 heteroatoms. The Morgan fingerprint density at radius 3 is 1.58 bits per heavy atom. The third-order valence-electron chi connectivity index (χ3n) is 13.7. The van der Waals surface area contributed by atoms with Crippen molar-refractivity contribution in [2.45, 2.75) is 94.4 Å². The molecule has 1 spiro atoms. The van der Waals surface area contributed by atoms with Crippen LogP contribution in [0.25, 0.3) is 0 Å². The maximum atomic E-state index is 13.2. The van der Waals surface area contributed by atoms with Gasteiger partial charge in [-0.15, -0.1) is 0 Å². The fourth-order valence-electron chi connectivity index (χ4n) is 10.8. The van der Waals surface area contributed by atoms with Gasteiger partial charge in [-0.2, -0.15) is 0 Å². The molecule has 6 atom stereocenters. The number of urea groups is 1. The average molecular weight is 935 g/mol. The maximum absolute atomic E-state index is 13.2. The van der Waals surface area contributed by atoms with Crippen molar-refractivity contribution >= 4 is 49.4 Å². The summed E-state index contributed by atoms with van der Waals surface area (Å²) in [4.78, 5) is 27.9. The number of nitrogens with zero attached hydrogens (tertiary/aromatic N) is 2. The summed E-state index contributed by atoms with van der Waals surface area (Å²) in [6.07, 6.45) is 5.92. The number of hydrogen-bond acceptors (Lipinski definition) is 8. The molecule has 1 aromatic heterocycles. The van der Waals surface area contributed by atoms with Crippen molar-refractivity contribution < 1.29 is 18.4 Å². The van der Waals surface area contributed by atoms with E-state index in [0.29, 0.717) is 19.0 Å². The molecule has 9 rings (SSSR count). The number of nitrogens with two attached hydrogens (primary N) is 1. The molecule has 0 radical (unpaired) electrons. The first-order valence-corrected chi connectivity index (χ1v) is 27.0. The maximum Gasteiger partial charge on any atom is 0.326 e. The van der Waals surface area contributed by atoms with Crippen LogP contribution in [0.2, 0.25) is 10.1 Å². The minimum atomic E-state index is -2.74. The van der Waals surface area contributed by atoms with Gasteiger partial charge in [0.15, 0.2) is 5.66 Å². The largest absolute Gasteiger partial charge is 0.405 e. The van der Waals surface area contributed by atoms with Crippen LogP contribution in [-0.2, 0) is 8.85 Å². The number of carbonyl (C=O) groups excluding carboxylic acids is 2. The molecular weight excluding hydrogens is 869 g/mol. The predicted molar refractivity (Wildman–Crippen MR) is 273 cm³/mol. The van der Waals surface area contributed by atoms with E-state index in [0.717, 1.165) is 11.5 Å². The Bertz CT molecular complexity index is 2520. The van der Waals surface area contributed by atoms with Gasteiger partial charge >= 0.3 is 12.1 Å². The lowest BCUT2D eigenvalue weighted by Gasteiger charge is -2.49. The molecule has 12 nitrogen and oxygen atoms in total. The van der Waals surface area contributed by atoms with E-state index in [2.05, 4.69) is 190 Å². The normalized spacial score (nSPS) is 23.3. The van der Waals surface area contributed by atoms with Gasteiger partial charge in [-0.1, -0.05) is 182 Å². The fourth-order valence-corrected chi connectivity index (χ4v) is 20.0. The van der Waals surface area contributed by atoms with Gasteiger partial charge in [-0.25, -0.2) is 9.59 Å². The molecule has 4 aliphatic heterocycles. The smallest absolute Gasteiger partial charge is 0.326 e. The summed E-state index contributed by atoms with van der Waals surface area (Å²) in [7, 11) is -5.46. The molecule has 2 fully saturated rings. The first-order valence-electron chi connectivity index (χ1n) is 23.1. The van der Waals surface area contributed by atoms with Crippen LogP contribution in [0.5, 0.6) is 0 Å². The molecular formula is C53H66N8O4Si2. The quantitative estimate of drug-likeness (QED) is 0.0690. The zero-order chi connectivity index (χ0) is 47.8. The molecule has 4 aromatic carbocycles. The Morgan fingerprint density at radius 1 is 0.687 bits per heavy atom. The van der Waals surface area contributed by atoms with E-state index in [9.17, 15) is 9.59 Å². The van der Waals surface area contributed by atoms with E-state index < -0.39 is 22.3 Å². The van der Waals surface area contributed by atoms with Gasteiger partial charge in [-0.3, -0.25) is 9.47 Å². The number of benzene rings is 4. The SMILES string of the molecule is C=C(N)N[C@@H]1c2cccn2C(=O)N[C@H]1CO[Si](c1ccccc1)(c1ccccc1)C(C)(C)C.C=C1N[C@H]2[C@H](CO[Si](c3ccccc3)(c3ccccc3)C(C)(C)C)NC(=O)N3[C@H](C)C=CC23N1. The molecule has 350 valence electrons. The third-order valence-corrected chi connectivity index (χ3v) is 23.7. The van der Waals surface area contributed by atoms with E-state index in [1.165, 1.54) is 20.7 Å². The Morgan fingerprint density at radius 2 is 1.13 bits per heavy atom. The molecule has 0 bridgehead atoms. The molecule has 0 saturated carbocycles. The summed E-state index contributed by atoms with van der Waals surface area (Å²) in [6, 6.07) is 44.7. The number of aromatic nitrogens is 1. The van der Waals surface area contributed by atoms with E-state index >= 15 is 0 Å². The lowest BCUT2D eigenvalue weighted by atomic mass is 9.92. The molecule has 1 unspecified atom stereocenters. The van der Waals surface area contributed by atoms with E-state index in [-0.39, 0.29) is 52.3 Å². The zero-order valence-electron chi connectivity index (χ0n) is 39.8. The van der Waals surface area contributed by atoms with Crippen LogP contribution in [0, 0.1) is 0 Å². The highest BCUT2D eigenvalue weighted by Crippen LogP contribution is 2.41. The van der Waals surface area contributed by atoms with Gasteiger partial charge in [0, 0.05) is 6.20 Å². The highest BCUT2D eigenvalue weighted by molar-refractivity contribution is 7.00. The molecule has 2 saturated heterocycles. The van der Waals surface area contributed by atoms with Crippen LogP contribution in [0.3, 0.4) is 0 Å². The van der Waals surface area contributed by atoms with Gasteiger partial charge in [0.05, 0.1) is 60.8 Å². The van der Waals surface area contributed by atoms with Crippen molar-refractivity contribution in [1.82, 2.24) is 36.1 Å². The van der Waals surface area contributed by atoms with E-state index in [1.807, 2.05) is 48.2 Å². The van der Waals surface area contributed by atoms with E-state index in [4.69, 9.17) is 14.6 Å². The summed E-state index contributed by atoms with van der Waals surface area (Å²) in [5.41, 5.74) is 6.13. The summed E-state index contributed by atoms with van der Waals surface area (Å²) in [6.45, 7) is 24.2. The molecule has 0 aliphatic carbocycles. The van der Waals surface area contributed by atoms with Gasteiger partial charge in [0.2, 0.25) is 0 Å². The molecule has 5 heterocycles. The van der Waals surface area contributed by atoms with Crippen LogP contribution < -0.4 is 53.1 Å². The van der Waals surface area contributed by atoms with Crippen molar-refractivity contribution in [2.75, 3.05) is 13.2 Å². The number of rotatable bonds is 12. The first kappa shape index (κ1) is 47.2. The molecule has 7 N–H and O–H groups in total. The Labute approximate surface area is 398 Å². The zero-order valence-corrected chi connectivity index (χ0v) is 41.8. The van der Waals surface area contributed by atoms with Crippen LogP contribution in [0.1, 0.15) is 60.2 Å². The monoisotopic (exact) mass is 934 g/mol. The van der Waals surface area contributed by atoms with Crippen molar-refractivity contribution in [1.29, 1.82) is 0 Å².